The highest BCUT2D eigenvalue weighted by molar-refractivity contribution is 5.82. The lowest BCUT2D eigenvalue weighted by atomic mass is 9.97. The Kier molecular flexibility index (Phi) is 4.24. The maximum Gasteiger partial charge on any atom is 0.255 e. The molecule has 3 rings (SSSR count). The van der Waals surface area contributed by atoms with Crippen LogP contribution in [0.3, 0.4) is 0 Å². The van der Waals surface area contributed by atoms with Gasteiger partial charge in [0.05, 0.1) is 6.61 Å². The monoisotopic (exact) mass is 300 g/mol. The van der Waals surface area contributed by atoms with E-state index in [2.05, 4.69) is 4.98 Å². The minimum absolute atomic E-state index is 0.0640. The Balaban J connectivity index is 1.71. The molecular formula is C17H20N2O3. The molecule has 0 spiro atoms. The Labute approximate surface area is 128 Å². The first-order chi connectivity index (χ1) is 10.7. The van der Waals surface area contributed by atoms with Gasteiger partial charge in [-0.15, -0.1) is 0 Å². The van der Waals surface area contributed by atoms with Gasteiger partial charge in [-0.1, -0.05) is 12.1 Å². The third-order valence-electron chi connectivity index (χ3n) is 4.22. The molecule has 0 saturated carbocycles. The lowest BCUT2D eigenvalue weighted by molar-refractivity contribution is -0.128. The molecule has 1 aliphatic heterocycles. The minimum Gasteiger partial charge on any atom is -0.383 e. The average molecular weight is 300 g/mol. The number of carbonyl (C=O) groups is 1. The van der Waals surface area contributed by atoms with Crippen LogP contribution in [0.15, 0.2) is 35.3 Å². The molecule has 5 heteroatoms. The number of pyridine rings is 1. The highest BCUT2D eigenvalue weighted by Crippen LogP contribution is 2.23. The lowest BCUT2D eigenvalue weighted by Gasteiger charge is -2.16. The van der Waals surface area contributed by atoms with E-state index < -0.39 is 0 Å². The first-order valence-electron chi connectivity index (χ1n) is 7.54. The molecule has 1 amide bonds. The van der Waals surface area contributed by atoms with Crippen LogP contribution in [0.2, 0.25) is 0 Å². The molecular weight excluding hydrogens is 280 g/mol. The Morgan fingerprint density at radius 3 is 3.00 bits per heavy atom. The normalized spacial score (nSPS) is 18.3. The number of hydrogen-bond donors (Lipinski definition) is 1. The number of ether oxygens (including phenoxy) is 1. The number of nitrogens with one attached hydrogen (secondary N) is 1. The van der Waals surface area contributed by atoms with E-state index in [0.717, 1.165) is 18.4 Å². The molecule has 1 aromatic heterocycles. The molecule has 2 heterocycles. The zero-order valence-electron chi connectivity index (χ0n) is 12.7. The van der Waals surface area contributed by atoms with Crippen LogP contribution in [0.1, 0.15) is 12.0 Å². The zero-order chi connectivity index (χ0) is 15.5. The maximum atomic E-state index is 12.0. The summed E-state index contributed by atoms with van der Waals surface area (Å²) >= 11 is 0. The van der Waals surface area contributed by atoms with Crippen molar-refractivity contribution in [2.45, 2.75) is 12.8 Å². The number of rotatable bonds is 5. The minimum atomic E-state index is -0.0640. The van der Waals surface area contributed by atoms with Crippen molar-refractivity contribution in [3.8, 4) is 0 Å². The van der Waals surface area contributed by atoms with E-state index in [0.29, 0.717) is 30.9 Å². The maximum absolute atomic E-state index is 12.0. The van der Waals surface area contributed by atoms with Crippen LogP contribution in [0.4, 0.5) is 0 Å². The average Bonchev–Trinajstić information content (AvgIpc) is 2.85. The van der Waals surface area contributed by atoms with Gasteiger partial charge in [-0.25, -0.2) is 0 Å². The van der Waals surface area contributed by atoms with Crippen molar-refractivity contribution in [3.63, 3.8) is 0 Å². The molecule has 1 atom stereocenters. The Bertz CT molecular complexity index is 738. The molecule has 5 nitrogen and oxygen atoms in total. The summed E-state index contributed by atoms with van der Waals surface area (Å²) in [6.45, 7) is 2.03. The highest BCUT2D eigenvalue weighted by atomic mass is 16.5. The predicted molar refractivity (Wildman–Crippen MR) is 84.8 cm³/mol. The topological polar surface area (TPSA) is 62.4 Å². The van der Waals surface area contributed by atoms with Crippen molar-refractivity contribution in [1.82, 2.24) is 9.88 Å². The van der Waals surface area contributed by atoms with Crippen LogP contribution in [-0.4, -0.2) is 42.6 Å². The zero-order valence-corrected chi connectivity index (χ0v) is 12.7. The molecule has 1 aliphatic rings. The number of carbonyl (C=O) groups excluding carboxylic acids is 1. The van der Waals surface area contributed by atoms with Gasteiger partial charge in [0.2, 0.25) is 5.91 Å². The van der Waals surface area contributed by atoms with Crippen molar-refractivity contribution >= 4 is 16.7 Å². The lowest BCUT2D eigenvalue weighted by Crippen LogP contribution is -2.28. The van der Waals surface area contributed by atoms with Crippen LogP contribution < -0.4 is 5.56 Å². The van der Waals surface area contributed by atoms with Crippen molar-refractivity contribution < 1.29 is 9.53 Å². The fourth-order valence-electron chi connectivity index (χ4n) is 3.11. The highest BCUT2D eigenvalue weighted by Gasteiger charge is 2.29. The molecule has 1 saturated heterocycles. The summed E-state index contributed by atoms with van der Waals surface area (Å²) in [6.07, 6.45) is 3.12. The number of H-pyrrole nitrogens is 1. The van der Waals surface area contributed by atoms with Gasteiger partial charge >= 0.3 is 0 Å². The standard InChI is InChI=1S/C17H20N2O3/c1-22-7-6-19-11-13(10-16(19)20)8-12-2-3-15-14(9-12)4-5-18-17(15)21/h2-5,9,13H,6-8,10-11H2,1H3,(H,18,21)/t13-/m0/s1. The number of aromatic amines is 1. The van der Waals surface area contributed by atoms with Crippen molar-refractivity contribution in [2.75, 3.05) is 26.8 Å². The van der Waals surface area contributed by atoms with E-state index >= 15 is 0 Å². The molecule has 22 heavy (non-hydrogen) atoms. The molecule has 2 aromatic rings. The SMILES string of the molecule is COCCN1C[C@@H](Cc2ccc3c(=O)[nH]ccc3c2)CC1=O. The second-order valence-electron chi connectivity index (χ2n) is 5.84. The smallest absolute Gasteiger partial charge is 0.255 e. The fraction of sp³-hybridized carbons (Fsp3) is 0.412. The Hall–Kier alpha value is -2.14. The van der Waals surface area contributed by atoms with Crippen molar-refractivity contribution in [2.24, 2.45) is 5.92 Å². The summed E-state index contributed by atoms with van der Waals surface area (Å²) in [5.41, 5.74) is 1.11. The summed E-state index contributed by atoms with van der Waals surface area (Å²) in [6, 6.07) is 7.81. The molecule has 1 fully saturated rings. The van der Waals surface area contributed by atoms with E-state index in [9.17, 15) is 9.59 Å². The van der Waals surface area contributed by atoms with Gasteiger partial charge < -0.3 is 14.6 Å². The van der Waals surface area contributed by atoms with E-state index in [4.69, 9.17) is 4.74 Å². The van der Waals surface area contributed by atoms with Crippen LogP contribution in [0.5, 0.6) is 0 Å². The van der Waals surface area contributed by atoms with Gasteiger partial charge in [0.25, 0.3) is 5.56 Å². The molecule has 1 aromatic carbocycles. The van der Waals surface area contributed by atoms with Gasteiger partial charge in [0, 0.05) is 38.2 Å². The first-order valence-corrected chi connectivity index (χ1v) is 7.54. The van der Waals surface area contributed by atoms with Crippen molar-refractivity contribution in [3.05, 3.63) is 46.4 Å². The summed E-state index contributed by atoms with van der Waals surface area (Å²) in [7, 11) is 1.65. The third kappa shape index (κ3) is 3.04. The van der Waals surface area contributed by atoms with Gasteiger partial charge in [0.1, 0.15) is 0 Å². The number of fused-ring (bicyclic) bond motifs is 1. The van der Waals surface area contributed by atoms with E-state index in [1.54, 1.807) is 13.3 Å². The third-order valence-corrected chi connectivity index (χ3v) is 4.22. The predicted octanol–water partition coefficient (Wildman–Crippen LogP) is 1.57. The van der Waals surface area contributed by atoms with E-state index in [-0.39, 0.29) is 11.5 Å². The van der Waals surface area contributed by atoms with Crippen molar-refractivity contribution in [1.29, 1.82) is 0 Å². The number of benzene rings is 1. The summed E-state index contributed by atoms with van der Waals surface area (Å²) in [5.74, 6) is 0.545. The number of nitrogens with zero attached hydrogens (tertiary/aromatic N) is 1. The van der Waals surface area contributed by atoms with Crippen LogP contribution in [0, 0.1) is 5.92 Å². The molecule has 1 N–H and O–H groups in total. The van der Waals surface area contributed by atoms with Crippen LogP contribution >= 0.6 is 0 Å². The number of methoxy groups -OCH3 is 1. The molecule has 0 bridgehead atoms. The molecule has 0 unspecified atom stereocenters. The fourth-order valence-corrected chi connectivity index (χ4v) is 3.11. The van der Waals surface area contributed by atoms with E-state index in [1.807, 2.05) is 29.2 Å². The van der Waals surface area contributed by atoms with Gasteiger partial charge in [0.15, 0.2) is 0 Å². The molecule has 0 radical (unpaired) electrons. The number of likely N-dealkylation sites (tertiary alicyclic amines) is 1. The second-order valence-corrected chi connectivity index (χ2v) is 5.84. The summed E-state index contributed by atoms with van der Waals surface area (Å²) < 4.78 is 5.04. The second kappa shape index (κ2) is 6.32. The number of hydrogen-bond acceptors (Lipinski definition) is 3. The van der Waals surface area contributed by atoms with Crippen LogP contribution in [0.25, 0.3) is 10.8 Å². The van der Waals surface area contributed by atoms with Gasteiger partial charge in [-0.05, 0) is 35.4 Å². The van der Waals surface area contributed by atoms with Gasteiger partial charge in [-0.2, -0.15) is 0 Å². The summed E-state index contributed by atoms with van der Waals surface area (Å²) in [4.78, 5) is 28.2. The molecule has 116 valence electrons. The number of aromatic nitrogens is 1. The Morgan fingerprint density at radius 1 is 1.32 bits per heavy atom. The van der Waals surface area contributed by atoms with Crippen LogP contribution in [-0.2, 0) is 16.0 Å². The molecule has 0 aliphatic carbocycles. The van der Waals surface area contributed by atoms with E-state index in [1.165, 1.54) is 5.56 Å². The number of amides is 1. The first kappa shape index (κ1) is 14.8. The Morgan fingerprint density at radius 2 is 2.18 bits per heavy atom. The largest absolute Gasteiger partial charge is 0.383 e. The summed E-state index contributed by atoms with van der Waals surface area (Å²) in [5, 5.41) is 1.65. The quantitative estimate of drug-likeness (QED) is 0.911. The van der Waals surface area contributed by atoms with Gasteiger partial charge in [-0.3, -0.25) is 9.59 Å².